The number of carbonyl (C=O) groups excluding carboxylic acids is 1. The Bertz CT molecular complexity index is 901. The molecule has 1 amide bonds. The molecule has 0 fully saturated rings. The summed E-state index contributed by atoms with van der Waals surface area (Å²) >= 11 is 7.52. The van der Waals surface area contributed by atoms with E-state index in [1.54, 1.807) is 17.4 Å². The zero-order chi connectivity index (χ0) is 20.1. The number of aryl methyl sites for hydroxylation is 1. The molecule has 2 aromatic rings. The molecule has 3 rings (SSSR count). The van der Waals surface area contributed by atoms with Crippen molar-refractivity contribution in [1.82, 2.24) is 0 Å². The third-order valence-electron chi connectivity index (χ3n) is 5.25. The number of anilines is 1. The van der Waals surface area contributed by atoms with Crippen molar-refractivity contribution in [3.8, 4) is 11.8 Å². The number of rotatable bonds is 7. The molecular formula is C22H25ClN2O2S. The lowest BCUT2D eigenvalue weighted by Crippen LogP contribution is -2.13. The highest BCUT2D eigenvalue weighted by Crippen LogP contribution is 2.40. The maximum Gasteiger partial charge on any atom is 0.225 e. The first-order valence-electron chi connectivity index (χ1n) is 9.75. The molecule has 0 bridgehead atoms. The van der Waals surface area contributed by atoms with E-state index in [0.717, 1.165) is 42.6 Å². The van der Waals surface area contributed by atoms with Crippen LogP contribution in [-0.4, -0.2) is 12.5 Å². The average molecular weight is 417 g/mol. The first kappa shape index (κ1) is 20.7. The predicted octanol–water partition coefficient (Wildman–Crippen LogP) is 5.89. The second-order valence-electron chi connectivity index (χ2n) is 7.25. The van der Waals surface area contributed by atoms with Gasteiger partial charge in [0.2, 0.25) is 5.91 Å². The van der Waals surface area contributed by atoms with Crippen molar-refractivity contribution in [2.75, 3.05) is 11.9 Å². The summed E-state index contributed by atoms with van der Waals surface area (Å²) in [5.74, 6) is 1.40. The van der Waals surface area contributed by atoms with E-state index in [9.17, 15) is 10.1 Å². The summed E-state index contributed by atoms with van der Waals surface area (Å²) < 4.78 is 5.74. The van der Waals surface area contributed by atoms with Gasteiger partial charge < -0.3 is 10.1 Å². The number of amides is 1. The number of benzene rings is 1. The Morgan fingerprint density at radius 1 is 1.46 bits per heavy atom. The van der Waals surface area contributed by atoms with Crippen molar-refractivity contribution in [1.29, 1.82) is 5.26 Å². The van der Waals surface area contributed by atoms with Crippen LogP contribution in [0.3, 0.4) is 0 Å². The number of nitriles is 1. The SMILES string of the molecule is CCC1CCc2c(sc(NC(=O)CCCOc3ccc(Cl)cc3C)c2C#N)C1. The van der Waals surface area contributed by atoms with E-state index in [-0.39, 0.29) is 5.91 Å². The van der Waals surface area contributed by atoms with E-state index in [2.05, 4.69) is 18.3 Å². The summed E-state index contributed by atoms with van der Waals surface area (Å²) in [6, 6.07) is 7.79. The van der Waals surface area contributed by atoms with Gasteiger partial charge in [-0.1, -0.05) is 24.9 Å². The third kappa shape index (κ3) is 4.87. The topological polar surface area (TPSA) is 62.1 Å². The second-order valence-corrected chi connectivity index (χ2v) is 8.79. The molecule has 4 nitrogen and oxygen atoms in total. The van der Waals surface area contributed by atoms with E-state index in [4.69, 9.17) is 16.3 Å². The maximum atomic E-state index is 12.4. The first-order valence-corrected chi connectivity index (χ1v) is 10.9. The molecule has 0 saturated heterocycles. The molecule has 1 heterocycles. The summed E-state index contributed by atoms with van der Waals surface area (Å²) in [4.78, 5) is 13.6. The molecule has 0 radical (unpaired) electrons. The number of thiophene rings is 1. The Labute approximate surface area is 175 Å². The van der Waals surface area contributed by atoms with Crippen LogP contribution in [0.15, 0.2) is 18.2 Å². The molecule has 1 aromatic carbocycles. The largest absolute Gasteiger partial charge is 0.493 e. The van der Waals surface area contributed by atoms with Gasteiger partial charge in [-0.05, 0) is 67.9 Å². The molecule has 1 atom stereocenters. The Kier molecular flexibility index (Phi) is 6.98. The minimum Gasteiger partial charge on any atom is -0.493 e. The number of hydrogen-bond donors (Lipinski definition) is 1. The van der Waals surface area contributed by atoms with Gasteiger partial charge in [-0.2, -0.15) is 5.26 Å². The highest BCUT2D eigenvalue weighted by molar-refractivity contribution is 7.16. The maximum absolute atomic E-state index is 12.4. The molecule has 1 aliphatic carbocycles. The molecule has 148 valence electrons. The fourth-order valence-corrected chi connectivity index (χ4v) is 5.14. The normalized spacial score (nSPS) is 15.6. The first-order chi connectivity index (χ1) is 13.5. The van der Waals surface area contributed by atoms with Gasteiger partial charge in [-0.15, -0.1) is 11.3 Å². The van der Waals surface area contributed by atoms with Crippen LogP contribution in [0.5, 0.6) is 5.75 Å². The summed E-state index contributed by atoms with van der Waals surface area (Å²) in [5, 5.41) is 13.9. The molecule has 0 saturated carbocycles. The Morgan fingerprint density at radius 3 is 3.00 bits per heavy atom. The minimum atomic E-state index is -0.0708. The van der Waals surface area contributed by atoms with Gasteiger partial charge in [0, 0.05) is 16.3 Å². The number of fused-ring (bicyclic) bond motifs is 1. The number of nitrogens with one attached hydrogen (secondary N) is 1. The van der Waals surface area contributed by atoms with Crippen molar-refractivity contribution in [2.24, 2.45) is 5.92 Å². The summed E-state index contributed by atoms with van der Waals surface area (Å²) in [6.07, 6.45) is 5.22. The number of ether oxygens (including phenoxy) is 1. The summed E-state index contributed by atoms with van der Waals surface area (Å²) in [7, 11) is 0. The second kappa shape index (κ2) is 9.45. The number of halogens is 1. The van der Waals surface area contributed by atoms with Gasteiger partial charge in [0.15, 0.2) is 0 Å². The van der Waals surface area contributed by atoms with Gasteiger partial charge in [0.05, 0.1) is 12.2 Å². The number of hydrogen-bond acceptors (Lipinski definition) is 4. The van der Waals surface area contributed by atoms with Crippen LogP contribution in [0.4, 0.5) is 5.00 Å². The van der Waals surface area contributed by atoms with Crippen LogP contribution >= 0.6 is 22.9 Å². The fraction of sp³-hybridized carbons (Fsp3) is 0.455. The lowest BCUT2D eigenvalue weighted by molar-refractivity contribution is -0.116. The molecule has 0 spiro atoms. The van der Waals surface area contributed by atoms with Crippen molar-refractivity contribution < 1.29 is 9.53 Å². The average Bonchev–Trinajstić information content (AvgIpc) is 3.02. The van der Waals surface area contributed by atoms with Gasteiger partial charge in [-0.25, -0.2) is 0 Å². The molecule has 1 N–H and O–H groups in total. The Morgan fingerprint density at radius 2 is 2.29 bits per heavy atom. The van der Waals surface area contributed by atoms with Crippen LogP contribution in [0.2, 0.25) is 5.02 Å². The van der Waals surface area contributed by atoms with Crippen LogP contribution in [0.25, 0.3) is 0 Å². The predicted molar refractivity (Wildman–Crippen MR) is 114 cm³/mol. The lowest BCUT2D eigenvalue weighted by Gasteiger charge is -2.20. The summed E-state index contributed by atoms with van der Waals surface area (Å²) in [5.41, 5.74) is 2.79. The number of nitrogens with zero attached hydrogens (tertiary/aromatic N) is 1. The number of carbonyl (C=O) groups is 1. The van der Waals surface area contributed by atoms with Gasteiger partial charge >= 0.3 is 0 Å². The van der Waals surface area contributed by atoms with Gasteiger partial charge in [0.25, 0.3) is 0 Å². The van der Waals surface area contributed by atoms with Crippen LogP contribution in [-0.2, 0) is 17.6 Å². The zero-order valence-electron chi connectivity index (χ0n) is 16.3. The highest BCUT2D eigenvalue weighted by Gasteiger charge is 2.25. The van der Waals surface area contributed by atoms with E-state index in [0.29, 0.717) is 41.0 Å². The fourth-order valence-electron chi connectivity index (χ4n) is 3.59. The van der Waals surface area contributed by atoms with E-state index < -0.39 is 0 Å². The van der Waals surface area contributed by atoms with Gasteiger partial charge in [0.1, 0.15) is 16.8 Å². The summed E-state index contributed by atoms with van der Waals surface area (Å²) in [6.45, 7) is 4.61. The van der Waals surface area contributed by atoms with Gasteiger partial charge in [-0.3, -0.25) is 4.79 Å². The Hall–Kier alpha value is -2.03. The highest BCUT2D eigenvalue weighted by atomic mass is 35.5. The van der Waals surface area contributed by atoms with Crippen molar-refractivity contribution in [3.05, 3.63) is 44.8 Å². The molecule has 1 aromatic heterocycles. The third-order valence-corrected chi connectivity index (χ3v) is 6.66. The van der Waals surface area contributed by atoms with Crippen LogP contribution in [0, 0.1) is 24.2 Å². The molecule has 1 unspecified atom stereocenters. The van der Waals surface area contributed by atoms with Crippen LogP contribution < -0.4 is 10.1 Å². The van der Waals surface area contributed by atoms with E-state index in [1.165, 1.54) is 4.88 Å². The van der Waals surface area contributed by atoms with Crippen molar-refractivity contribution in [3.63, 3.8) is 0 Å². The molecule has 1 aliphatic rings. The van der Waals surface area contributed by atoms with E-state index >= 15 is 0 Å². The monoisotopic (exact) mass is 416 g/mol. The smallest absolute Gasteiger partial charge is 0.225 e. The van der Waals surface area contributed by atoms with Crippen LogP contribution in [0.1, 0.15) is 54.2 Å². The Balaban J connectivity index is 1.52. The minimum absolute atomic E-state index is 0.0708. The van der Waals surface area contributed by atoms with E-state index in [1.807, 2.05) is 19.1 Å². The quantitative estimate of drug-likeness (QED) is 0.572. The standard InChI is InChI=1S/C22H25ClN2O2S/c1-3-15-6-8-17-18(13-24)22(28-20(17)12-15)25-21(26)5-4-10-27-19-9-7-16(23)11-14(19)2/h7,9,11,15H,3-6,8,10,12H2,1-2H3,(H,25,26). The molecule has 28 heavy (non-hydrogen) atoms. The molecule has 0 aliphatic heterocycles. The molecule has 6 heteroatoms. The van der Waals surface area contributed by atoms with Crippen molar-refractivity contribution >= 4 is 33.8 Å². The van der Waals surface area contributed by atoms with Crippen molar-refractivity contribution in [2.45, 2.75) is 52.4 Å². The lowest BCUT2D eigenvalue weighted by atomic mass is 9.86. The molecular weight excluding hydrogens is 392 g/mol. The zero-order valence-corrected chi connectivity index (χ0v) is 17.9.